The second kappa shape index (κ2) is 45.8. The van der Waals surface area contributed by atoms with Crippen LogP contribution >= 0.6 is 7.82 Å². The number of hydrogen-bond acceptors (Lipinski definition) is 6. The smallest absolute Gasteiger partial charge is 0.457 e. The lowest BCUT2D eigenvalue weighted by Crippen LogP contribution is -2.37. The summed E-state index contributed by atoms with van der Waals surface area (Å²) in [4.78, 5) is 23.0. The van der Waals surface area contributed by atoms with Gasteiger partial charge in [-0.15, -0.1) is 0 Å². The minimum Gasteiger partial charge on any atom is -0.457 e. The predicted octanol–water partition coefficient (Wildman–Crippen LogP) is 16.2. The van der Waals surface area contributed by atoms with E-state index < -0.39 is 13.9 Å². The van der Waals surface area contributed by atoms with Crippen LogP contribution in [0, 0.1) is 0 Å². The quantitative estimate of drug-likeness (QED) is 0.0214. The Morgan fingerprint density at radius 3 is 1.26 bits per heavy atom. The van der Waals surface area contributed by atoms with Gasteiger partial charge in [-0.1, -0.05) is 225 Å². The summed E-state index contributed by atoms with van der Waals surface area (Å²) in [5, 5.41) is 0. The first-order valence-corrected chi connectivity index (χ1v) is 27.9. The van der Waals surface area contributed by atoms with Gasteiger partial charge in [0, 0.05) is 13.0 Å². The molecule has 8 nitrogen and oxygen atoms in total. The number of unbranched alkanes of at least 4 members (excludes halogenated alkanes) is 34. The van der Waals surface area contributed by atoms with Crippen LogP contribution in [0.25, 0.3) is 0 Å². The Balaban J connectivity index is 4.02. The molecule has 1 N–H and O–H groups in total. The largest absolute Gasteiger partial charge is 0.472 e. The number of carbonyl (C=O) groups is 1. The normalized spacial score (nSPS) is 13.6. The van der Waals surface area contributed by atoms with E-state index >= 15 is 0 Å². The molecule has 0 spiro atoms. The Hall–Kier alpha value is -0.760. The molecule has 364 valence electrons. The number of allylic oxidation sites excluding steroid dienone is 2. The molecular formula is C52H105NO7P+. The summed E-state index contributed by atoms with van der Waals surface area (Å²) < 4.78 is 35.1. The third-order valence-electron chi connectivity index (χ3n) is 11.8. The summed E-state index contributed by atoms with van der Waals surface area (Å²) in [5.74, 6) is -0.309. The van der Waals surface area contributed by atoms with Crippen LogP contribution in [0.2, 0.25) is 0 Å². The second-order valence-electron chi connectivity index (χ2n) is 19.3. The number of phosphoric acid groups is 1. The van der Waals surface area contributed by atoms with Crippen molar-refractivity contribution in [2.24, 2.45) is 0 Å². The molecule has 0 heterocycles. The minimum absolute atomic E-state index is 0.0909. The maximum atomic E-state index is 12.8. The summed E-state index contributed by atoms with van der Waals surface area (Å²) in [7, 11) is 1.68. The minimum atomic E-state index is -4.27. The Kier molecular flexibility index (Phi) is 45.2. The van der Waals surface area contributed by atoms with Crippen LogP contribution < -0.4 is 0 Å². The number of nitrogens with zero attached hydrogens (tertiary/aromatic N) is 1. The highest BCUT2D eigenvalue weighted by Crippen LogP contribution is 2.43. The molecule has 0 saturated heterocycles. The van der Waals surface area contributed by atoms with Gasteiger partial charge in [-0.05, 0) is 38.5 Å². The van der Waals surface area contributed by atoms with Crippen molar-refractivity contribution in [3.05, 3.63) is 12.2 Å². The monoisotopic (exact) mass is 887 g/mol. The zero-order valence-electron chi connectivity index (χ0n) is 41.4. The maximum absolute atomic E-state index is 12.8. The average Bonchev–Trinajstić information content (AvgIpc) is 3.22. The molecule has 0 aromatic carbocycles. The first-order chi connectivity index (χ1) is 29.6. The van der Waals surface area contributed by atoms with Gasteiger partial charge in [0.1, 0.15) is 19.3 Å². The second-order valence-corrected chi connectivity index (χ2v) is 20.7. The van der Waals surface area contributed by atoms with E-state index in [4.69, 9.17) is 18.5 Å². The van der Waals surface area contributed by atoms with Gasteiger partial charge in [-0.25, -0.2) is 4.57 Å². The molecule has 0 aromatic rings. The topological polar surface area (TPSA) is 91.3 Å². The third-order valence-corrected chi connectivity index (χ3v) is 12.8. The van der Waals surface area contributed by atoms with E-state index in [9.17, 15) is 14.3 Å². The summed E-state index contributed by atoms with van der Waals surface area (Å²) in [6.45, 7) is 5.65. The van der Waals surface area contributed by atoms with Crippen LogP contribution in [0.1, 0.15) is 258 Å². The molecule has 61 heavy (non-hydrogen) atoms. The van der Waals surface area contributed by atoms with Crippen molar-refractivity contribution in [3.8, 4) is 0 Å². The van der Waals surface area contributed by atoms with Crippen molar-refractivity contribution in [2.45, 2.75) is 264 Å². The number of carbonyl (C=O) groups excluding carboxylic acids is 1. The summed E-state index contributed by atoms with van der Waals surface area (Å²) >= 11 is 0. The van der Waals surface area contributed by atoms with E-state index in [1.807, 2.05) is 21.1 Å². The molecule has 0 saturated carbocycles. The Bertz CT molecular complexity index is 987. The molecule has 0 amide bonds. The maximum Gasteiger partial charge on any atom is 0.472 e. The van der Waals surface area contributed by atoms with Crippen molar-refractivity contribution >= 4 is 13.8 Å². The predicted molar refractivity (Wildman–Crippen MR) is 261 cm³/mol. The van der Waals surface area contributed by atoms with Gasteiger partial charge in [-0.2, -0.15) is 0 Å². The van der Waals surface area contributed by atoms with E-state index in [0.717, 1.165) is 32.1 Å². The number of esters is 1. The number of likely N-dealkylation sites (N-methyl/N-ethyl adjacent to an activating group) is 1. The van der Waals surface area contributed by atoms with Gasteiger partial charge in [-0.3, -0.25) is 13.8 Å². The molecule has 0 fully saturated rings. The summed E-state index contributed by atoms with van der Waals surface area (Å²) in [6, 6.07) is 0. The van der Waals surface area contributed by atoms with Gasteiger partial charge in [0.05, 0.1) is 34.4 Å². The molecular weight excluding hydrogens is 782 g/mol. The van der Waals surface area contributed by atoms with E-state index in [1.165, 1.54) is 205 Å². The lowest BCUT2D eigenvalue weighted by Gasteiger charge is -2.24. The molecule has 0 radical (unpaired) electrons. The van der Waals surface area contributed by atoms with Crippen LogP contribution in [0.5, 0.6) is 0 Å². The fourth-order valence-corrected chi connectivity index (χ4v) is 8.47. The number of ether oxygens (including phenoxy) is 2. The molecule has 0 aliphatic rings. The number of phosphoric ester groups is 1. The van der Waals surface area contributed by atoms with E-state index in [-0.39, 0.29) is 25.8 Å². The fraction of sp³-hybridized carbons (Fsp3) is 0.942. The highest BCUT2D eigenvalue weighted by atomic mass is 31.2. The molecule has 0 bridgehead atoms. The van der Waals surface area contributed by atoms with Crippen molar-refractivity contribution in [3.63, 3.8) is 0 Å². The Labute approximate surface area is 380 Å². The third kappa shape index (κ3) is 50.1. The molecule has 0 aromatic heterocycles. The van der Waals surface area contributed by atoms with Crippen LogP contribution in [-0.2, 0) is 27.9 Å². The average molecular weight is 887 g/mol. The number of rotatable bonds is 50. The van der Waals surface area contributed by atoms with Crippen LogP contribution in [-0.4, -0.2) is 75.6 Å². The van der Waals surface area contributed by atoms with Crippen LogP contribution in [0.4, 0.5) is 0 Å². The summed E-state index contributed by atoms with van der Waals surface area (Å²) in [6.07, 6.45) is 52.7. The summed E-state index contributed by atoms with van der Waals surface area (Å²) in [5.41, 5.74) is 0. The molecule has 2 atom stereocenters. The lowest BCUT2D eigenvalue weighted by atomic mass is 10.0. The lowest BCUT2D eigenvalue weighted by molar-refractivity contribution is -0.870. The molecule has 0 rings (SSSR count). The highest BCUT2D eigenvalue weighted by molar-refractivity contribution is 7.47. The first-order valence-electron chi connectivity index (χ1n) is 26.4. The molecule has 9 heteroatoms. The van der Waals surface area contributed by atoms with Crippen molar-refractivity contribution in [2.75, 3.05) is 54.1 Å². The molecule has 0 aliphatic heterocycles. The zero-order valence-corrected chi connectivity index (χ0v) is 42.3. The van der Waals surface area contributed by atoms with Gasteiger partial charge in [0.25, 0.3) is 0 Å². The standard InChI is InChI=1S/C52H104NO7P/c1-6-8-10-12-14-16-18-20-22-23-24-25-26-27-28-29-30-31-32-33-35-37-39-41-43-45-52(54)60-51(50-59-61(55,56)58-48-46-53(3,4)5)49-57-47-44-42-40-38-36-34-21-19-17-15-13-11-9-7-2/h17,19,51H,6-16,18,20-50H2,1-5H3/p+1/b19-17-. The van der Waals surface area contributed by atoms with E-state index in [0.29, 0.717) is 24.1 Å². The van der Waals surface area contributed by atoms with Crippen LogP contribution in [0.3, 0.4) is 0 Å². The molecule has 2 unspecified atom stereocenters. The van der Waals surface area contributed by atoms with Crippen LogP contribution in [0.15, 0.2) is 12.2 Å². The van der Waals surface area contributed by atoms with Gasteiger partial charge in [0.15, 0.2) is 0 Å². The SMILES string of the molecule is CCCCCC/C=C\CCCCCCCCOCC(COP(=O)(O)OCC[N+](C)(C)C)OC(=O)CCCCCCCCCCCCCCCCCCCCCCCCCCC. The van der Waals surface area contributed by atoms with E-state index in [2.05, 4.69) is 26.0 Å². The number of quaternary nitrogens is 1. The number of hydrogen-bond donors (Lipinski definition) is 1. The molecule has 0 aliphatic carbocycles. The van der Waals surface area contributed by atoms with Gasteiger partial charge in [0.2, 0.25) is 0 Å². The van der Waals surface area contributed by atoms with Gasteiger partial charge < -0.3 is 18.9 Å². The van der Waals surface area contributed by atoms with Crippen molar-refractivity contribution in [1.82, 2.24) is 0 Å². The highest BCUT2D eigenvalue weighted by Gasteiger charge is 2.26. The Morgan fingerprint density at radius 2 is 0.852 bits per heavy atom. The van der Waals surface area contributed by atoms with Crippen molar-refractivity contribution in [1.29, 1.82) is 0 Å². The van der Waals surface area contributed by atoms with Gasteiger partial charge >= 0.3 is 13.8 Å². The first kappa shape index (κ1) is 60.2. The zero-order chi connectivity index (χ0) is 44.8. The fourth-order valence-electron chi connectivity index (χ4n) is 7.73. The van der Waals surface area contributed by atoms with E-state index in [1.54, 1.807) is 0 Å². The van der Waals surface area contributed by atoms with Crippen molar-refractivity contribution < 1.29 is 37.3 Å². The Morgan fingerprint density at radius 1 is 0.492 bits per heavy atom.